The van der Waals surface area contributed by atoms with Crippen molar-refractivity contribution in [2.45, 2.75) is 84.2 Å². The summed E-state index contributed by atoms with van der Waals surface area (Å²) in [5.41, 5.74) is 2.86. The van der Waals surface area contributed by atoms with E-state index in [1.165, 1.54) is 0 Å². The van der Waals surface area contributed by atoms with Gasteiger partial charge in [-0.15, -0.1) is 0 Å². The van der Waals surface area contributed by atoms with Crippen LogP contribution in [0.1, 0.15) is 76.4 Å². The highest BCUT2D eigenvalue weighted by Gasteiger charge is 2.27. The number of morpholine rings is 1. The quantitative estimate of drug-likeness (QED) is 0.249. The van der Waals surface area contributed by atoms with Crippen molar-refractivity contribution < 1.29 is 17.9 Å². The van der Waals surface area contributed by atoms with Gasteiger partial charge in [0.1, 0.15) is 0 Å². The zero-order valence-electron chi connectivity index (χ0n) is 26.8. The Kier molecular flexibility index (Phi) is 11.1. The van der Waals surface area contributed by atoms with Crippen LogP contribution < -0.4 is 10.0 Å². The Morgan fingerprint density at radius 3 is 2.28 bits per heavy atom. The number of ether oxygens (including phenoxy) is 1. The van der Waals surface area contributed by atoms with Crippen molar-refractivity contribution in [1.29, 1.82) is 0 Å². The summed E-state index contributed by atoms with van der Waals surface area (Å²) >= 11 is 0. The van der Waals surface area contributed by atoms with Crippen molar-refractivity contribution >= 4 is 26.7 Å². The summed E-state index contributed by atoms with van der Waals surface area (Å²) in [5.74, 6) is 0.408. The van der Waals surface area contributed by atoms with Gasteiger partial charge >= 0.3 is 0 Å². The number of fused-ring (bicyclic) bond motifs is 1. The number of rotatable bonds is 13. The molecule has 2 N–H and O–H groups in total. The lowest BCUT2D eigenvalue weighted by molar-refractivity contribution is 0.0383. The number of carbonyl (C=O) groups is 1. The molecule has 2 aromatic carbocycles. The first-order chi connectivity index (χ1) is 20.4. The van der Waals surface area contributed by atoms with Gasteiger partial charge in [0.25, 0.3) is 5.91 Å². The van der Waals surface area contributed by atoms with Crippen molar-refractivity contribution in [2.24, 2.45) is 5.92 Å². The van der Waals surface area contributed by atoms with Gasteiger partial charge in [-0.25, -0.2) is 13.1 Å². The second-order valence-corrected chi connectivity index (χ2v) is 14.5. The van der Waals surface area contributed by atoms with Crippen molar-refractivity contribution in [1.82, 2.24) is 19.5 Å². The maximum atomic E-state index is 13.6. The SMILES string of the molecule is CCCC(CCC)Cn1c(-c2ccc(S(=O)(=O)NC(C)(C)C)c3ccccc23)cc(C(=O)NCCN2CCOCC2)c1C. The zero-order chi connectivity index (χ0) is 31.2. The Labute approximate surface area is 258 Å². The molecule has 43 heavy (non-hydrogen) atoms. The first-order valence-corrected chi connectivity index (χ1v) is 17.3. The van der Waals surface area contributed by atoms with Gasteiger partial charge in [0.15, 0.2) is 0 Å². The standard InChI is InChI=1S/C34H50N4O4S/c1-7-11-26(12-8-2)24-38-25(3)30(33(39)35-17-18-37-19-21-42-22-20-37)23-31(38)28-15-16-32(29-14-10-9-13-27(28)29)43(40,41)36-34(4,5)6/h9-10,13-16,23,26,36H,7-8,11-12,17-22,24H2,1-6H3,(H,35,39). The van der Waals surface area contributed by atoms with Crippen LogP contribution in [0.5, 0.6) is 0 Å². The summed E-state index contributed by atoms with van der Waals surface area (Å²) < 4.78 is 37.4. The van der Waals surface area contributed by atoms with Crippen molar-refractivity contribution in [3.63, 3.8) is 0 Å². The molecule has 1 saturated heterocycles. The van der Waals surface area contributed by atoms with E-state index in [1.807, 2.05) is 64.1 Å². The molecule has 0 unspecified atom stereocenters. The number of sulfonamides is 1. The Balaban J connectivity index is 1.76. The number of carbonyl (C=O) groups excluding carboxylic acids is 1. The molecule has 0 aliphatic carbocycles. The number of benzene rings is 2. The summed E-state index contributed by atoms with van der Waals surface area (Å²) in [6.07, 6.45) is 4.43. The summed E-state index contributed by atoms with van der Waals surface area (Å²) in [5, 5.41) is 4.66. The molecule has 0 spiro atoms. The van der Waals surface area contributed by atoms with E-state index in [4.69, 9.17) is 4.74 Å². The van der Waals surface area contributed by atoms with Crippen molar-refractivity contribution in [3.8, 4) is 11.3 Å². The second-order valence-electron chi connectivity index (χ2n) is 12.8. The molecule has 1 aliphatic heterocycles. The maximum absolute atomic E-state index is 13.6. The number of aromatic nitrogens is 1. The fraction of sp³-hybridized carbons (Fsp3) is 0.559. The minimum atomic E-state index is -3.76. The molecule has 1 fully saturated rings. The molecule has 8 nitrogen and oxygen atoms in total. The topological polar surface area (TPSA) is 92.7 Å². The van der Waals surface area contributed by atoms with E-state index in [0.717, 1.165) is 87.4 Å². The third kappa shape index (κ3) is 8.26. The van der Waals surface area contributed by atoms with E-state index in [2.05, 4.69) is 33.4 Å². The number of amides is 1. The van der Waals surface area contributed by atoms with Crippen LogP contribution in [0.15, 0.2) is 47.4 Å². The number of hydrogen-bond donors (Lipinski definition) is 2. The monoisotopic (exact) mass is 610 g/mol. The van der Waals surface area contributed by atoms with Crippen LogP contribution in [0.3, 0.4) is 0 Å². The predicted octanol–water partition coefficient (Wildman–Crippen LogP) is 5.97. The van der Waals surface area contributed by atoms with Gasteiger partial charge in [-0.1, -0.05) is 57.0 Å². The van der Waals surface area contributed by atoms with Gasteiger partial charge in [-0.05, 0) is 64.0 Å². The third-order valence-corrected chi connectivity index (χ3v) is 9.97. The Morgan fingerprint density at radius 2 is 1.65 bits per heavy atom. The highest BCUT2D eigenvalue weighted by atomic mass is 32.2. The van der Waals surface area contributed by atoms with E-state index in [9.17, 15) is 13.2 Å². The van der Waals surface area contributed by atoms with E-state index in [1.54, 1.807) is 6.07 Å². The van der Waals surface area contributed by atoms with Gasteiger partial charge in [0, 0.05) is 60.6 Å². The lowest BCUT2D eigenvalue weighted by Crippen LogP contribution is -2.41. The number of nitrogens with one attached hydrogen (secondary N) is 2. The molecular formula is C34H50N4O4S. The number of nitrogens with zero attached hydrogens (tertiary/aromatic N) is 2. The van der Waals surface area contributed by atoms with Gasteiger partial charge in [-0.2, -0.15) is 0 Å². The van der Waals surface area contributed by atoms with Crippen LogP contribution in [0.4, 0.5) is 0 Å². The summed E-state index contributed by atoms with van der Waals surface area (Å²) in [6, 6.07) is 13.3. The zero-order valence-corrected chi connectivity index (χ0v) is 27.6. The van der Waals surface area contributed by atoms with Crippen LogP contribution >= 0.6 is 0 Å². The van der Waals surface area contributed by atoms with Gasteiger partial charge < -0.3 is 14.6 Å². The molecule has 1 aliphatic rings. The minimum Gasteiger partial charge on any atom is -0.379 e. The minimum absolute atomic E-state index is 0.0776. The van der Waals surface area contributed by atoms with E-state index >= 15 is 0 Å². The molecule has 0 bridgehead atoms. The molecule has 1 amide bonds. The first kappa shape index (κ1) is 33.2. The maximum Gasteiger partial charge on any atom is 0.253 e. The van der Waals surface area contributed by atoms with Crippen LogP contribution in [0, 0.1) is 12.8 Å². The summed E-state index contributed by atoms with van der Waals surface area (Å²) in [6.45, 7) is 17.4. The predicted molar refractivity (Wildman–Crippen MR) is 175 cm³/mol. The summed E-state index contributed by atoms with van der Waals surface area (Å²) in [7, 11) is -3.76. The lowest BCUT2D eigenvalue weighted by Gasteiger charge is -2.26. The normalized spacial score (nSPS) is 15.0. The average molecular weight is 611 g/mol. The smallest absolute Gasteiger partial charge is 0.253 e. The van der Waals surface area contributed by atoms with E-state index in [-0.39, 0.29) is 10.8 Å². The Bertz CT molecular complexity index is 1490. The highest BCUT2D eigenvalue weighted by molar-refractivity contribution is 7.89. The number of hydrogen-bond acceptors (Lipinski definition) is 5. The van der Waals surface area contributed by atoms with Crippen molar-refractivity contribution in [3.05, 3.63) is 53.7 Å². The molecule has 0 saturated carbocycles. The molecule has 2 heterocycles. The summed E-state index contributed by atoms with van der Waals surface area (Å²) in [4.78, 5) is 16.1. The van der Waals surface area contributed by atoms with Crippen LogP contribution in [0.2, 0.25) is 0 Å². The molecule has 0 atom stereocenters. The molecule has 0 radical (unpaired) electrons. The fourth-order valence-electron chi connectivity index (χ4n) is 6.17. The van der Waals surface area contributed by atoms with Gasteiger partial charge in [-0.3, -0.25) is 9.69 Å². The fourth-order valence-corrected chi connectivity index (χ4v) is 7.80. The average Bonchev–Trinajstić information content (AvgIpc) is 3.27. The van der Waals surface area contributed by atoms with Crippen LogP contribution in [0.25, 0.3) is 22.0 Å². The molecule has 1 aromatic heterocycles. The van der Waals surface area contributed by atoms with Crippen LogP contribution in [-0.4, -0.2) is 68.7 Å². The molecule has 4 rings (SSSR count). The molecular weight excluding hydrogens is 560 g/mol. The van der Waals surface area contributed by atoms with Crippen LogP contribution in [-0.2, 0) is 21.3 Å². The molecule has 3 aromatic rings. The van der Waals surface area contributed by atoms with E-state index < -0.39 is 15.6 Å². The highest BCUT2D eigenvalue weighted by Crippen LogP contribution is 2.36. The molecule has 9 heteroatoms. The Morgan fingerprint density at radius 1 is 1.00 bits per heavy atom. The second kappa shape index (κ2) is 14.4. The first-order valence-electron chi connectivity index (χ1n) is 15.8. The third-order valence-electron chi connectivity index (χ3n) is 8.15. The lowest BCUT2D eigenvalue weighted by atomic mass is 9.97. The van der Waals surface area contributed by atoms with Crippen molar-refractivity contribution in [2.75, 3.05) is 39.4 Å². The molecule has 236 valence electrons. The van der Waals surface area contributed by atoms with Gasteiger partial charge in [0.05, 0.1) is 23.7 Å². The van der Waals surface area contributed by atoms with E-state index in [0.29, 0.717) is 23.4 Å². The Hall–Kier alpha value is -2.72. The largest absolute Gasteiger partial charge is 0.379 e. The van der Waals surface area contributed by atoms with Gasteiger partial charge in [0.2, 0.25) is 10.0 Å².